The highest BCUT2D eigenvalue weighted by atomic mass is 32.1. The van der Waals surface area contributed by atoms with Crippen molar-refractivity contribution in [3.05, 3.63) is 39.5 Å². The van der Waals surface area contributed by atoms with Crippen molar-refractivity contribution in [1.82, 2.24) is 20.2 Å². The summed E-state index contributed by atoms with van der Waals surface area (Å²) in [5.41, 5.74) is 1.93. The van der Waals surface area contributed by atoms with Gasteiger partial charge in [-0.15, -0.1) is 11.3 Å². The Hall–Kier alpha value is -2.15. The molecule has 0 radical (unpaired) electrons. The highest BCUT2D eigenvalue weighted by Crippen LogP contribution is 2.37. The Kier molecular flexibility index (Phi) is 4.99. The van der Waals surface area contributed by atoms with E-state index < -0.39 is 0 Å². The number of carbonyl (C=O) groups excluding carboxylic acids is 1. The number of nitrogens with one attached hydrogen (secondary N) is 1. The molecule has 0 aromatic carbocycles. The lowest BCUT2D eigenvalue weighted by molar-refractivity contribution is 0.184. The van der Waals surface area contributed by atoms with Crippen LogP contribution in [0.1, 0.15) is 40.2 Å². The van der Waals surface area contributed by atoms with E-state index in [9.17, 15) is 4.79 Å². The minimum Gasteiger partial charge on any atom is -0.481 e. The summed E-state index contributed by atoms with van der Waals surface area (Å²) in [7, 11) is 3.43. The number of hydrogen-bond donors (Lipinski definition) is 1. The van der Waals surface area contributed by atoms with E-state index in [1.165, 1.54) is 4.88 Å². The second-order valence-corrected chi connectivity index (χ2v) is 7.13. The van der Waals surface area contributed by atoms with E-state index in [4.69, 9.17) is 4.74 Å². The maximum absolute atomic E-state index is 12.5. The van der Waals surface area contributed by atoms with Crippen LogP contribution in [0.5, 0.6) is 5.88 Å². The zero-order chi connectivity index (χ0) is 17.1. The maximum Gasteiger partial charge on any atom is 0.318 e. The van der Waals surface area contributed by atoms with Crippen LogP contribution in [0.15, 0.2) is 18.2 Å². The molecule has 6 nitrogen and oxygen atoms in total. The fourth-order valence-electron chi connectivity index (χ4n) is 2.99. The quantitative estimate of drug-likeness (QED) is 0.924. The first-order valence-electron chi connectivity index (χ1n) is 8.05. The number of fused-ring (bicyclic) bond motifs is 1. The summed E-state index contributed by atoms with van der Waals surface area (Å²) in [6, 6.07) is 5.54. The number of nitrogens with zero attached hydrogens (tertiary/aromatic N) is 3. The molecule has 0 aliphatic heterocycles. The van der Waals surface area contributed by atoms with Crippen molar-refractivity contribution < 1.29 is 9.53 Å². The number of hydrogen-bond acceptors (Lipinski definition) is 5. The number of ether oxygens (including phenoxy) is 1. The molecule has 0 spiro atoms. The lowest BCUT2D eigenvalue weighted by Gasteiger charge is -2.30. The third-order valence-electron chi connectivity index (χ3n) is 4.23. The molecule has 1 aliphatic carbocycles. The van der Waals surface area contributed by atoms with Crippen LogP contribution in [0.2, 0.25) is 0 Å². The van der Waals surface area contributed by atoms with Crippen LogP contribution in [0, 0.1) is 6.92 Å². The molecule has 0 saturated heterocycles. The second kappa shape index (κ2) is 7.17. The molecule has 24 heavy (non-hydrogen) atoms. The van der Waals surface area contributed by atoms with Crippen molar-refractivity contribution in [1.29, 1.82) is 0 Å². The Balaban J connectivity index is 1.65. The van der Waals surface area contributed by atoms with Crippen molar-refractivity contribution in [2.75, 3.05) is 14.2 Å². The summed E-state index contributed by atoms with van der Waals surface area (Å²) >= 11 is 1.70. The number of thiazole rings is 1. The van der Waals surface area contributed by atoms with Gasteiger partial charge in [0.1, 0.15) is 0 Å². The predicted molar refractivity (Wildman–Crippen MR) is 93.3 cm³/mol. The lowest BCUT2D eigenvalue weighted by Crippen LogP contribution is -2.40. The van der Waals surface area contributed by atoms with Gasteiger partial charge >= 0.3 is 6.03 Å². The summed E-state index contributed by atoms with van der Waals surface area (Å²) in [5.74, 6) is 0.548. The van der Waals surface area contributed by atoms with E-state index in [1.807, 2.05) is 26.1 Å². The Morgan fingerprint density at radius 1 is 1.46 bits per heavy atom. The fraction of sp³-hybridized carbons (Fsp3) is 0.471. The van der Waals surface area contributed by atoms with E-state index in [-0.39, 0.29) is 12.1 Å². The number of aromatic nitrogens is 2. The van der Waals surface area contributed by atoms with Gasteiger partial charge in [-0.1, -0.05) is 6.07 Å². The molecule has 1 aliphatic rings. The average molecular weight is 346 g/mol. The molecule has 3 rings (SSSR count). The number of aryl methyl sites for hydroxylation is 2. The fourth-order valence-corrected chi connectivity index (χ4v) is 4.14. The standard InChI is InChI=1S/C17H22N4O2S/c1-11-19-13-7-5-8-14(16(13)24-11)21(2)17(22)18-10-12-6-4-9-15(20-12)23-3/h4,6,9,14H,5,7-8,10H2,1-3H3,(H,18,22)/t14-/m1/s1. The minimum atomic E-state index is -0.0940. The number of amides is 2. The van der Waals surface area contributed by atoms with Crippen LogP contribution in [-0.2, 0) is 13.0 Å². The van der Waals surface area contributed by atoms with Crippen LogP contribution in [0.4, 0.5) is 4.79 Å². The summed E-state index contributed by atoms with van der Waals surface area (Å²) in [6.45, 7) is 2.40. The average Bonchev–Trinajstić information content (AvgIpc) is 2.99. The van der Waals surface area contributed by atoms with E-state index in [0.29, 0.717) is 12.4 Å². The first kappa shape index (κ1) is 16.7. The van der Waals surface area contributed by atoms with Gasteiger partial charge in [-0.05, 0) is 32.3 Å². The second-order valence-electron chi connectivity index (χ2n) is 5.89. The van der Waals surface area contributed by atoms with Crippen LogP contribution in [-0.4, -0.2) is 35.1 Å². The Morgan fingerprint density at radius 3 is 3.08 bits per heavy atom. The van der Waals surface area contributed by atoms with E-state index in [1.54, 1.807) is 29.4 Å². The Bertz CT molecular complexity index is 731. The molecule has 1 N–H and O–H groups in total. The SMILES string of the molecule is COc1cccc(CNC(=O)N(C)[C@@H]2CCCc3nc(C)sc32)n1. The van der Waals surface area contributed by atoms with Crippen LogP contribution in [0.25, 0.3) is 0 Å². The molecule has 2 heterocycles. The van der Waals surface area contributed by atoms with Crippen molar-refractivity contribution in [2.24, 2.45) is 0 Å². The summed E-state index contributed by atoms with van der Waals surface area (Å²) in [4.78, 5) is 24.4. The number of methoxy groups -OCH3 is 1. The van der Waals surface area contributed by atoms with Gasteiger partial charge in [-0.3, -0.25) is 0 Å². The Labute approximate surface area is 145 Å². The Morgan fingerprint density at radius 2 is 2.29 bits per heavy atom. The van der Waals surface area contributed by atoms with Crippen molar-refractivity contribution in [3.63, 3.8) is 0 Å². The van der Waals surface area contributed by atoms with Crippen LogP contribution >= 0.6 is 11.3 Å². The minimum absolute atomic E-state index is 0.0940. The number of urea groups is 1. The zero-order valence-electron chi connectivity index (χ0n) is 14.2. The molecule has 7 heteroatoms. The topological polar surface area (TPSA) is 67.3 Å². The van der Waals surface area contributed by atoms with Gasteiger partial charge in [-0.2, -0.15) is 0 Å². The number of carbonyl (C=O) groups is 1. The van der Waals surface area contributed by atoms with Gasteiger partial charge < -0.3 is 15.0 Å². The third-order valence-corrected chi connectivity index (χ3v) is 5.34. The van der Waals surface area contributed by atoms with Gasteiger partial charge in [0.25, 0.3) is 0 Å². The summed E-state index contributed by atoms with van der Waals surface area (Å²) < 4.78 is 5.11. The largest absolute Gasteiger partial charge is 0.481 e. The predicted octanol–water partition coefficient (Wildman–Crippen LogP) is 3.07. The normalized spacial score (nSPS) is 16.4. The van der Waals surface area contributed by atoms with E-state index in [0.717, 1.165) is 35.7 Å². The zero-order valence-corrected chi connectivity index (χ0v) is 15.0. The molecule has 2 aromatic rings. The van der Waals surface area contributed by atoms with Crippen LogP contribution in [0.3, 0.4) is 0 Å². The molecular formula is C17H22N4O2S. The molecule has 0 bridgehead atoms. The molecule has 0 saturated carbocycles. The molecule has 0 fully saturated rings. The van der Waals surface area contributed by atoms with Gasteiger partial charge in [-0.25, -0.2) is 14.8 Å². The number of pyridine rings is 1. The molecule has 2 aromatic heterocycles. The summed E-state index contributed by atoms with van der Waals surface area (Å²) in [5, 5.41) is 4.01. The van der Waals surface area contributed by atoms with Crippen molar-refractivity contribution in [3.8, 4) is 5.88 Å². The molecule has 128 valence electrons. The van der Waals surface area contributed by atoms with Crippen molar-refractivity contribution >= 4 is 17.4 Å². The smallest absolute Gasteiger partial charge is 0.318 e. The number of rotatable bonds is 4. The van der Waals surface area contributed by atoms with Gasteiger partial charge in [0.05, 0.1) is 41.0 Å². The monoisotopic (exact) mass is 346 g/mol. The molecule has 1 atom stereocenters. The summed E-state index contributed by atoms with van der Waals surface area (Å²) in [6.07, 6.45) is 3.06. The lowest BCUT2D eigenvalue weighted by atomic mass is 9.97. The van der Waals surface area contributed by atoms with E-state index in [2.05, 4.69) is 15.3 Å². The molecular weight excluding hydrogens is 324 g/mol. The van der Waals surface area contributed by atoms with Crippen molar-refractivity contribution in [2.45, 2.75) is 38.8 Å². The van der Waals surface area contributed by atoms with E-state index >= 15 is 0 Å². The highest BCUT2D eigenvalue weighted by molar-refractivity contribution is 7.11. The third kappa shape index (κ3) is 3.51. The molecule has 0 unspecified atom stereocenters. The first-order chi connectivity index (χ1) is 11.6. The van der Waals surface area contributed by atoms with Crippen LogP contribution < -0.4 is 10.1 Å². The maximum atomic E-state index is 12.5. The van der Waals surface area contributed by atoms with Gasteiger partial charge in [0, 0.05) is 13.1 Å². The van der Waals surface area contributed by atoms with Gasteiger partial charge in [0.15, 0.2) is 0 Å². The molecule has 2 amide bonds. The van der Waals surface area contributed by atoms with Gasteiger partial charge in [0.2, 0.25) is 5.88 Å². The highest BCUT2D eigenvalue weighted by Gasteiger charge is 2.29. The first-order valence-corrected chi connectivity index (χ1v) is 8.87.